The summed E-state index contributed by atoms with van der Waals surface area (Å²) in [5, 5.41) is 6.75. The van der Waals surface area contributed by atoms with Crippen LogP contribution in [0.5, 0.6) is 0 Å². The van der Waals surface area contributed by atoms with Gasteiger partial charge in [0, 0.05) is 17.1 Å². The molecular weight excluding hydrogens is 293 g/mol. The molecule has 2 aromatic carbocycles. The Labute approximate surface area is 122 Å². The molecule has 4 rings (SSSR count). The molecule has 0 atom stereocenters. The van der Waals surface area contributed by atoms with Crippen LogP contribution in [0.4, 0.5) is 13.2 Å². The largest absolute Gasteiger partial charge is 0.416 e. The number of benzene rings is 2. The highest BCUT2D eigenvalue weighted by atomic mass is 19.4. The van der Waals surface area contributed by atoms with E-state index in [0.717, 1.165) is 23.0 Å². The molecule has 0 bridgehead atoms. The number of nitrogens with zero attached hydrogens (tertiary/aromatic N) is 2. The summed E-state index contributed by atoms with van der Waals surface area (Å²) in [6.07, 6.45) is -2.60. The molecule has 0 aliphatic carbocycles. The Hall–Kier alpha value is -2.83. The zero-order valence-electron chi connectivity index (χ0n) is 11.1. The van der Waals surface area contributed by atoms with E-state index in [1.165, 1.54) is 6.07 Å². The van der Waals surface area contributed by atoms with Gasteiger partial charge in [-0.25, -0.2) is 9.97 Å². The molecule has 0 saturated heterocycles. The first kappa shape index (κ1) is 12.9. The van der Waals surface area contributed by atoms with Gasteiger partial charge in [-0.15, -0.1) is 0 Å². The van der Waals surface area contributed by atoms with Crippen molar-refractivity contribution in [3.05, 3.63) is 48.2 Å². The molecule has 4 aromatic rings. The van der Waals surface area contributed by atoms with Gasteiger partial charge in [-0.1, -0.05) is 12.1 Å². The number of halogens is 3. The maximum Gasteiger partial charge on any atom is 0.416 e. The molecule has 0 spiro atoms. The summed E-state index contributed by atoms with van der Waals surface area (Å²) < 4.78 is 38.4. The van der Waals surface area contributed by atoms with Gasteiger partial charge in [0.2, 0.25) is 0 Å². The van der Waals surface area contributed by atoms with Gasteiger partial charge in [0.25, 0.3) is 0 Å². The van der Waals surface area contributed by atoms with Crippen LogP contribution in [0.25, 0.3) is 33.3 Å². The Bertz CT molecular complexity index is 933. The molecule has 0 amide bonds. The van der Waals surface area contributed by atoms with Crippen LogP contribution in [0.15, 0.2) is 42.6 Å². The number of fused-ring (bicyclic) bond motifs is 2. The molecule has 0 aliphatic rings. The molecule has 2 aromatic heterocycles. The van der Waals surface area contributed by atoms with Crippen molar-refractivity contribution in [2.75, 3.05) is 0 Å². The monoisotopic (exact) mass is 302 g/mol. The van der Waals surface area contributed by atoms with Gasteiger partial charge in [-0.3, -0.25) is 0 Å². The summed E-state index contributed by atoms with van der Waals surface area (Å²) in [6, 6.07) is 8.67. The van der Waals surface area contributed by atoms with Gasteiger partial charge in [-0.2, -0.15) is 13.2 Å². The minimum absolute atomic E-state index is 0.290. The summed E-state index contributed by atoms with van der Waals surface area (Å²) in [7, 11) is 0. The fraction of sp³-hybridized carbons (Fsp3) is 0.0667. The van der Waals surface area contributed by atoms with Gasteiger partial charge in [-0.05, 0) is 24.3 Å². The number of aromatic amines is 2. The summed E-state index contributed by atoms with van der Waals surface area (Å²) >= 11 is 0. The van der Waals surface area contributed by atoms with Crippen LogP contribution >= 0.6 is 0 Å². The predicted octanol–water partition coefficient (Wildman–Crippen LogP) is 4.13. The highest BCUT2D eigenvalue weighted by molar-refractivity contribution is 5.93. The second kappa shape index (κ2) is 4.33. The maximum atomic E-state index is 12.8. The van der Waals surface area contributed by atoms with Crippen molar-refractivity contribution < 1.29 is 13.2 Å². The van der Waals surface area contributed by atoms with Crippen LogP contribution in [0, 0.1) is 0 Å². The highest BCUT2D eigenvalue weighted by Gasteiger charge is 2.30. The molecule has 0 aliphatic heterocycles. The fourth-order valence-electron chi connectivity index (χ4n) is 2.41. The van der Waals surface area contributed by atoms with Gasteiger partial charge in [0.15, 0.2) is 5.82 Å². The minimum atomic E-state index is -4.38. The van der Waals surface area contributed by atoms with Crippen molar-refractivity contribution in [1.29, 1.82) is 0 Å². The van der Waals surface area contributed by atoms with Crippen LogP contribution in [-0.2, 0) is 6.18 Å². The lowest BCUT2D eigenvalue weighted by molar-refractivity contribution is -0.137. The van der Waals surface area contributed by atoms with Crippen molar-refractivity contribution >= 4 is 21.9 Å². The Morgan fingerprint density at radius 3 is 2.50 bits per heavy atom. The van der Waals surface area contributed by atoms with Crippen LogP contribution in [0.2, 0.25) is 0 Å². The topological polar surface area (TPSA) is 57.4 Å². The van der Waals surface area contributed by atoms with Crippen LogP contribution in [0.3, 0.4) is 0 Å². The van der Waals surface area contributed by atoms with Crippen LogP contribution in [0.1, 0.15) is 5.56 Å². The third kappa shape index (κ3) is 2.02. The smallest absolute Gasteiger partial charge is 0.307 e. The first-order valence-corrected chi connectivity index (χ1v) is 6.51. The maximum absolute atomic E-state index is 12.8. The van der Waals surface area contributed by atoms with E-state index in [4.69, 9.17) is 0 Å². The van der Waals surface area contributed by atoms with E-state index >= 15 is 0 Å². The number of nitrogens with one attached hydrogen (secondary N) is 2. The summed E-state index contributed by atoms with van der Waals surface area (Å²) in [6.45, 7) is 0. The first-order chi connectivity index (χ1) is 10.5. The highest BCUT2D eigenvalue weighted by Crippen LogP contribution is 2.32. The third-order valence-corrected chi connectivity index (χ3v) is 3.48. The third-order valence-electron chi connectivity index (χ3n) is 3.48. The normalized spacial score (nSPS) is 12.3. The van der Waals surface area contributed by atoms with Crippen molar-refractivity contribution in [2.45, 2.75) is 6.18 Å². The van der Waals surface area contributed by atoms with E-state index in [1.807, 2.05) is 12.1 Å². The van der Waals surface area contributed by atoms with E-state index in [0.29, 0.717) is 16.6 Å². The van der Waals surface area contributed by atoms with Crippen molar-refractivity contribution in [1.82, 2.24) is 20.2 Å². The molecule has 110 valence electrons. The molecular formula is C15H9F3N4. The van der Waals surface area contributed by atoms with E-state index < -0.39 is 11.7 Å². The first-order valence-electron chi connectivity index (χ1n) is 6.51. The van der Waals surface area contributed by atoms with E-state index in [-0.39, 0.29) is 5.82 Å². The Balaban J connectivity index is 1.87. The SMILES string of the molecule is FC(F)(F)c1cccc(-c2nc3cc4c[nH][nH]c4cc3n2)c1. The quantitative estimate of drug-likeness (QED) is 0.555. The van der Waals surface area contributed by atoms with E-state index in [1.54, 1.807) is 12.3 Å². The molecule has 2 heterocycles. The molecule has 0 fully saturated rings. The number of aromatic nitrogens is 4. The Kier molecular flexibility index (Phi) is 2.53. The molecule has 2 N–H and O–H groups in total. The average Bonchev–Trinajstić information content (AvgIpc) is 3.09. The molecule has 0 saturated carbocycles. The van der Waals surface area contributed by atoms with Gasteiger partial charge >= 0.3 is 6.18 Å². The number of hydrogen-bond donors (Lipinski definition) is 2. The van der Waals surface area contributed by atoms with Gasteiger partial charge < -0.3 is 10.2 Å². The average molecular weight is 302 g/mol. The lowest BCUT2D eigenvalue weighted by atomic mass is 10.1. The number of H-pyrrole nitrogens is 2. The number of alkyl halides is 3. The van der Waals surface area contributed by atoms with Gasteiger partial charge in [0.05, 0.1) is 22.1 Å². The zero-order valence-corrected chi connectivity index (χ0v) is 11.1. The lowest BCUT2D eigenvalue weighted by Gasteiger charge is -2.06. The second-order valence-electron chi connectivity index (χ2n) is 4.97. The predicted molar refractivity (Wildman–Crippen MR) is 76.2 cm³/mol. The summed E-state index contributed by atoms with van der Waals surface area (Å²) in [4.78, 5) is 8.65. The van der Waals surface area contributed by atoms with Crippen molar-refractivity contribution in [3.8, 4) is 11.4 Å². The molecule has 22 heavy (non-hydrogen) atoms. The Morgan fingerprint density at radius 1 is 0.955 bits per heavy atom. The van der Waals surface area contributed by atoms with E-state index in [2.05, 4.69) is 20.2 Å². The minimum Gasteiger partial charge on any atom is -0.307 e. The number of hydrogen-bond acceptors (Lipinski definition) is 2. The number of imidazole rings is 1. The lowest BCUT2D eigenvalue weighted by Crippen LogP contribution is -2.04. The fourth-order valence-corrected chi connectivity index (χ4v) is 2.41. The van der Waals surface area contributed by atoms with Crippen LogP contribution in [-0.4, -0.2) is 20.2 Å². The standard InChI is InChI=1S/C15H9F3N4/c16-15(17,18)10-3-1-2-8(4-10)14-20-12-5-9-7-19-22-11(9)6-13(12)21-14/h1-7,19,22H. The van der Waals surface area contributed by atoms with Crippen molar-refractivity contribution in [3.63, 3.8) is 0 Å². The zero-order chi connectivity index (χ0) is 15.3. The molecule has 0 radical (unpaired) electrons. The summed E-state index contributed by atoms with van der Waals surface area (Å²) in [5.41, 5.74) is 1.79. The Morgan fingerprint density at radius 2 is 1.73 bits per heavy atom. The molecule has 0 unspecified atom stereocenters. The number of rotatable bonds is 1. The summed E-state index contributed by atoms with van der Waals surface area (Å²) in [5.74, 6) is 0.290. The second-order valence-corrected chi connectivity index (χ2v) is 4.97. The van der Waals surface area contributed by atoms with E-state index in [9.17, 15) is 13.2 Å². The van der Waals surface area contributed by atoms with Crippen molar-refractivity contribution in [2.24, 2.45) is 0 Å². The molecule has 7 heteroatoms. The van der Waals surface area contributed by atoms with Crippen LogP contribution < -0.4 is 0 Å². The van der Waals surface area contributed by atoms with Gasteiger partial charge in [0.1, 0.15) is 0 Å². The molecule has 4 nitrogen and oxygen atoms in total.